The van der Waals surface area contributed by atoms with E-state index in [9.17, 15) is 13.2 Å². The summed E-state index contributed by atoms with van der Waals surface area (Å²) in [6, 6.07) is 1.00. The van der Waals surface area contributed by atoms with Crippen LogP contribution in [-0.2, 0) is 10.9 Å². The summed E-state index contributed by atoms with van der Waals surface area (Å²) in [5, 5.41) is 3.75. The lowest BCUT2D eigenvalue weighted by atomic mass is 9.98. The molecule has 12 heteroatoms. The average Bonchev–Trinajstić information content (AvgIpc) is 2.80. The van der Waals surface area contributed by atoms with Gasteiger partial charge in [-0.05, 0) is 32.4 Å². The van der Waals surface area contributed by atoms with Gasteiger partial charge < -0.3 is 25.4 Å². The highest BCUT2D eigenvalue weighted by Gasteiger charge is 2.38. The van der Waals surface area contributed by atoms with Crippen molar-refractivity contribution in [1.29, 1.82) is 0 Å². The van der Waals surface area contributed by atoms with Crippen LogP contribution in [-0.4, -0.2) is 61.5 Å². The number of pyridine rings is 3. The molecular weight excluding hydrogens is 480 g/mol. The van der Waals surface area contributed by atoms with Crippen LogP contribution in [0.1, 0.15) is 22.5 Å². The SMILES string of the molecule is COCC1CN(c2nc(C)c(C)c3c(F)c(-c4cc(N)nc(C)c4C(F)(F)F)nc(OC)c23)CCN1. The Morgan fingerprint density at radius 3 is 2.47 bits per heavy atom. The molecule has 1 aliphatic heterocycles. The zero-order valence-corrected chi connectivity index (χ0v) is 20.7. The Labute approximate surface area is 205 Å². The summed E-state index contributed by atoms with van der Waals surface area (Å²) in [6.07, 6.45) is -4.80. The first-order chi connectivity index (χ1) is 17.0. The van der Waals surface area contributed by atoms with Gasteiger partial charge in [-0.25, -0.2) is 19.3 Å². The van der Waals surface area contributed by atoms with Gasteiger partial charge in [0.15, 0.2) is 5.82 Å². The fourth-order valence-corrected chi connectivity index (χ4v) is 4.71. The van der Waals surface area contributed by atoms with Gasteiger partial charge in [-0.3, -0.25) is 0 Å². The third kappa shape index (κ3) is 4.50. The molecule has 0 spiro atoms. The van der Waals surface area contributed by atoms with Crippen LogP contribution in [0.4, 0.5) is 29.2 Å². The van der Waals surface area contributed by atoms with Crippen LogP contribution in [0.2, 0.25) is 0 Å². The third-order valence-corrected chi connectivity index (χ3v) is 6.39. The molecule has 36 heavy (non-hydrogen) atoms. The molecule has 1 atom stereocenters. The highest BCUT2D eigenvalue weighted by Crippen LogP contribution is 2.44. The van der Waals surface area contributed by atoms with Crippen molar-refractivity contribution in [2.24, 2.45) is 0 Å². The summed E-state index contributed by atoms with van der Waals surface area (Å²) >= 11 is 0. The summed E-state index contributed by atoms with van der Waals surface area (Å²) < 4.78 is 69.1. The second kappa shape index (κ2) is 9.66. The summed E-state index contributed by atoms with van der Waals surface area (Å²) in [5.41, 5.74) is 4.30. The maximum Gasteiger partial charge on any atom is 0.418 e. The first-order valence-corrected chi connectivity index (χ1v) is 11.3. The second-order valence-electron chi connectivity index (χ2n) is 8.78. The quantitative estimate of drug-likeness (QED) is 0.503. The summed E-state index contributed by atoms with van der Waals surface area (Å²) in [6.45, 7) is 6.80. The normalized spacial score (nSPS) is 16.6. The predicted molar refractivity (Wildman–Crippen MR) is 129 cm³/mol. The number of aryl methyl sites for hydroxylation is 3. The van der Waals surface area contributed by atoms with E-state index in [0.29, 0.717) is 48.7 Å². The first kappa shape index (κ1) is 25.8. The molecule has 8 nitrogen and oxygen atoms in total. The van der Waals surface area contributed by atoms with Crippen LogP contribution in [0.5, 0.6) is 5.88 Å². The molecule has 0 aromatic carbocycles. The van der Waals surface area contributed by atoms with Gasteiger partial charge in [-0.1, -0.05) is 0 Å². The molecule has 0 amide bonds. The third-order valence-electron chi connectivity index (χ3n) is 6.39. The first-order valence-electron chi connectivity index (χ1n) is 11.3. The number of rotatable bonds is 5. The lowest BCUT2D eigenvalue weighted by Gasteiger charge is -2.35. The van der Waals surface area contributed by atoms with E-state index in [0.717, 1.165) is 6.07 Å². The van der Waals surface area contributed by atoms with E-state index in [2.05, 4.69) is 15.3 Å². The molecule has 194 valence electrons. The number of piperazine rings is 1. The smallest absolute Gasteiger partial charge is 0.418 e. The van der Waals surface area contributed by atoms with E-state index >= 15 is 4.39 Å². The monoisotopic (exact) mass is 508 g/mol. The Hall–Kier alpha value is -3.25. The van der Waals surface area contributed by atoms with Crippen LogP contribution in [0.3, 0.4) is 0 Å². The van der Waals surface area contributed by atoms with Gasteiger partial charge in [0.2, 0.25) is 5.88 Å². The number of aromatic nitrogens is 3. The Morgan fingerprint density at radius 2 is 1.83 bits per heavy atom. The topological polar surface area (TPSA) is 98.4 Å². The lowest BCUT2D eigenvalue weighted by molar-refractivity contribution is -0.137. The van der Waals surface area contributed by atoms with Crippen molar-refractivity contribution >= 4 is 22.4 Å². The number of alkyl halides is 3. The Morgan fingerprint density at radius 1 is 1.11 bits per heavy atom. The standard InChI is InChI=1S/C24H28F4N6O2/c1-11-12(2)32-22(34-7-6-30-14(9-34)10-35-4)18-17(11)20(25)21(33-23(18)36-5)15-8-16(29)31-13(3)19(15)24(26,27)28/h8,14,30H,6-7,9-10H2,1-5H3,(H2,29,31). The number of hydrogen-bond donors (Lipinski definition) is 2. The van der Waals surface area contributed by atoms with E-state index in [4.69, 9.17) is 20.2 Å². The number of halogens is 4. The van der Waals surface area contributed by atoms with Gasteiger partial charge in [0.1, 0.15) is 17.3 Å². The molecular formula is C24H28F4N6O2. The molecule has 0 radical (unpaired) electrons. The van der Waals surface area contributed by atoms with Crippen LogP contribution in [0.25, 0.3) is 22.0 Å². The molecule has 3 N–H and O–H groups in total. The Bertz CT molecular complexity index is 1310. The van der Waals surface area contributed by atoms with E-state index in [1.54, 1.807) is 21.0 Å². The minimum atomic E-state index is -4.80. The number of nitrogens with zero attached hydrogens (tertiary/aromatic N) is 4. The second-order valence-corrected chi connectivity index (χ2v) is 8.78. The summed E-state index contributed by atoms with van der Waals surface area (Å²) in [4.78, 5) is 14.7. The van der Waals surface area contributed by atoms with Gasteiger partial charge in [-0.2, -0.15) is 13.2 Å². The van der Waals surface area contributed by atoms with Gasteiger partial charge in [0, 0.05) is 49.4 Å². The Balaban J connectivity index is 2.04. The lowest BCUT2D eigenvalue weighted by Crippen LogP contribution is -2.53. The highest BCUT2D eigenvalue weighted by atomic mass is 19.4. The van der Waals surface area contributed by atoms with Gasteiger partial charge in [0.25, 0.3) is 0 Å². The van der Waals surface area contributed by atoms with Crippen LogP contribution >= 0.6 is 0 Å². The number of nitrogen functional groups attached to an aromatic ring is 1. The van der Waals surface area contributed by atoms with E-state index in [-0.39, 0.29) is 28.8 Å². The number of fused-ring (bicyclic) bond motifs is 1. The van der Waals surface area contributed by atoms with E-state index in [1.165, 1.54) is 14.0 Å². The van der Waals surface area contributed by atoms with Crippen molar-refractivity contribution in [2.45, 2.75) is 33.0 Å². The van der Waals surface area contributed by atoms with Crippen LogP contribution in [0, 0.1) is 26.6 Å². The number of nitrogens with one attached hydrogen (secondary N) is 1. The van der Waals surface area contributed by atoms with Crippen molar-refractivity contribution in [1.82, 2.24) is 20.3 Å². The molecule has 1 unspecified atom stereocenters. The zero-order chi connectivity index (χ0) is 26.4. The molecule has 0 bridgehead atoms. The molecule has 0 saturated carbocycles. The number of anilines is 2. The minimum Gasteiger partial charge on any atom is -0.480 e. The Kier molecular flexibility index (Phi) is 6.93. The number of methoxy groups -OCH3 is 2. The van der Waals surface area contributed by atoms with Crippen LogP contribution < -0.4 is 20.7 Å². The van der Waals surface area contributed by atoms with Gasteiger partial charge in [-0.15, -0.1) is 0 Å². The number of nitrogens with two attached hydrogens (primary N) is 1. The molecule has 0 aliphatic carbocycles. The predicted octanol–water partition coefficient (Wildman–Crippen LogP) is 3.79. The van der Waals surface area contributed by atoms with E-state index in [1.807, 2.05) is 4.90 Å². The van der Waals surface area contributed by atoms with Gasteiger partial charge in [0.05, 0.1) is 30.4 Å². The zero-order valence-electron chi connectivity index (χ0n) is 20.7. The molecule has 1 saturated heterocycles. The molecule has 4 rings (SSSR count). The average molecular weight is 509 g/mol. The van der Waals surface area contributed by atoms with Crippen molar-refractivity contribution in [3.8, 4) is 17.1 Å². The largest absolute Gasteiger partial charge is 0.480 e. The minimum absolute atomic E-state index is 0.0161. The highest BCUT2D eigenvalue weighted by molar-refractivity contribution is 6.01. The maximum atomic E-state index is 16.3. The van der Waals surface area contributed by atoms with Crippen molar-refractivity contribution in [3.63, 3.8) is 0 Å². The fraction of sp³-hybridized carbons (Fsp3) is 0.458. The fourth-order valence-electron chi connectivity index (χ4n) is 4.71. The van der Waals surface area contributed by atoms with Crippen LogP contribution in [0.15, 0.2) is 6.07 Å². The molecule has 1 fully saturated rings. The number of ether oxygens (including phenoxy) is 2. The van der Waals surface area contributed by atoms with E-state index < -0.39 is 28.8 Å². The summed E-state index contributed by atoms with van der Waals surface area (Å²) in [7, 11) is 2.95. The van der Waals surface area contributed by atoms with Crippen molar-refractivity contribution < 1.29 is 27.0 Å². The number of hydrogen-bond acceptors (Lipinski definition) is 8. The van der Waals surface area contributed by atoms with Crippen molar-refractivity contribution in [3.05, 3.63) is 34.4 Å². The molecule has 3 aromatic heterocycles. The maximum absolute atomic E-state index is 16.3. The molecule has 1 aliphatic rings. The van der Waals surface area contributed by atoms with Gasteiger partial charge >= 0.3 is 6.18 Å². The summed E-state index contributed by atoms with van der Waals surface area (Å²) in [5.74, 6) is -0.667. The molecule has 4 heterocycles. The molecule has 3 aromatic rings. The van der Waals surface area contributed by atoms with Crippen molar-refractivity contribution in [2.75, 3.05) is 51.1 Å².